The van der Waals surface area contributed by atoms with E-state index in [-0.39, 0.29) is 59.5 Å². The average molecular weight is 981 g/mol. The summed E-state index contributed by atoms with van der Waals surface area (Å²) < 4.78 is 35.5. The highest BCUT2D eigenvalue weighted by Gasteiger charge is 2.61. The number of rotatable bonds is 15. The molecule has 2 aliphatic carbocycles. The van der Waals surface area contributed by atoms with E-state index in [2.05, 4.69) is 44.3 Å². The summed E-state index contributed by atoms with van der Waals surface area (Å²) in [5.41, 5.74) is -1.07. The number of alkyl carbamates (subject to hydrolysis) is 1. The number of ketones is 2. The summed E-state index contributed by atoms with van der Waals surface area (Å²) in [5.74, 6) is 10.7. The maximum Gasteiger partial charge on any atom is 0.411 e. The molecule has 0 saturated carbocycles. The zero-order valence-electron chi connectivity index (χ0n) is 37.2. The lowest BCUT2D eigenvalue weighted by Crippen LogP contribution is -2.69. The first-order chi connectivity index (χ1) is 31.7. The van der Waals surface area contributed by atoms with Gasteiger partial charge < -0.3 is 54.0 Å². The van der Waals surface area contributed by atoms with Crippen molar-refractivity contribution < 1.29 is 58.1 Å². The molecule has 3 aromatic rings. The van der Waals surface area contributed by atoms with Crippen molar-refractivity contribution in [2.24, 2.45) is 0 Å². The van der Waals surface area contributed by atoms with E-state index < -0.39 is 71.4 Å². The number of nitrogens with zero attached hydrogens (tertiary/aromatic N) is 1. The monoisotopic (exact) mass is 980 g/mol. The van der Waals surface area contributed by atoms with Gasteiger partial charge in [0.25, 0.3) is 0 Å². The smallest absolute Gasteiger partial charge is 0.411 e. The number of allylic oxidation sites excluding steroid dienone is 3. The number of aliphatic hydroxyl groups excluding tert-OH is 1. The number of benzene rings is 1. The van der Waals surface area contributed by atoms with Crippen LogP contribution in [0.5, 0.6) is 5.75 Å². The highest BCUT2D eigenvalue weighted by Crippen LogP contribution is 2.47. The number of nitrogens with one attached hydrogen (secondary N) is 3. The lowest BCUT2D eigenvalue weighted by Gasteiger charge is -2.51. The molecule has 16 nitrogen and oxygen atoms in total. The second-order valence-electron chi connectivity index (χ2n) is 16.1. The van der Waals surface area contributed by atoms with Crippen molar-refractivity contribution >= 4 is 82.6 Å². The summed E-state index contributed by atoms with van der Waals surface area (Å²) >= 11 is 1.06. The topological polar surface area (TPSA) is 220 Å². The van der Waals surface area contributed by atoms with Crippen molar-refractivity contribution in [1.29, 1.82) is 0 Å². The van der Waals surface area contributed by atoms with E-state index >= 15 is 4.79 Å². The molecular formula is C46H52N4O12S4. The standard InChI is InChI=1S/C46H52N4O12S4/c1-24(2)48-31-23-59-35(21-34(31)57-4)62-40-42(54)46(63-6,41(53)39-37-27(15-18-47-39)28-20-26(51)13-14-30(28)49-37)25(3)60-43(40)61-33-12-10-8-9-11-17-45(56)22-32(52)38(50-44(55)58-5)36(33)29(45)16-19-65-66-64-7/h8-9,13-16,18,20,24-25,31,33-35,40,42-43,48-49,51,54,56H,19,21-23H2,1-7H3,(H,50,55)/b9-8-,29-16-/t25-,31+,33+,34+,35+,40-,42-,43+,45+,46-/m1/s1. The van der Waals surface area contributed by atoms with Crippen LogP contribution in [0.4, 0.5) is 4.79 Å². The average Bonchev–Trinajstić information content (AvgIpc) is 3.66. The Morgan fingerprint density at radius 2 is 1.92 bits per heavy atom. The number of aliphatic hydroxyl groups is 2. The third-order valence-corrected chi connectivity index (χ3v) is 16.9. The van der Waals surface area contributed by atoms with Crippen LogP contribution in [0.25, 0.3) is 21.8 Å². The second kappa shape index (κ2) is 21.5. The van der Waals surface area contributed by atoms with Crippen LogP contribution in [0.1, 0.15) is 44.1 Å². The number of hydrogen-bond acceptors (Lipinski definition) is 18. The quantitative estimate of drug-likeness (QED) is 0.0500. The van der Waals surface area contributed by atoms with Crippen molar-refractivity contribution in [2.45, 2.75) is 99.1 Å². The lowest BCUT2D eigenvalue weighted by atomic mass is 9.75. The fourth-order valence-electron chi connectivity index (χ4n) is 8.73. The van der Waals surface area contributed by atoms with Gasteiger partial charge in [0.05, 0.1) is 49.6 Å². The van der Waals surface area contributed by atoms with Gasteiger partial charge in [-0.25, -0.2) is 4.79 Å². The van der Waals surface area contributed by atoms with Crippen molar-refractivity contribution in [3.63, 3.8) is 0 Å². The molecule has 1 aromatic carbocycles. The van der Waals surface area contributed by atoms with Crippen molar-refractivity contribution in [3.8, 4) is 29.4 Å². The molecule has 0 unspecified atom stereocenters. The number of aromatic nitrogens is 2. The molecule has 66 heavy (non-hydrogen) atoms. The number of aromatic amines is 1. The Balaban J connectivity index is 1.35. The van der Waals surface area contributed by atoms with Crippen molar-refractivity contribution in [2.75, 3.05) is 39.1 Å². The van der Waals surface area contributed by atoms with Crippen LogP contribution in [0, 0.1) is 23.7 Å². The minimum absolute atomic E-state index is 0.00929. The molecule has 20 heteroatoms. The molecule has 10 atom stereocenters. The Labute approximate surface area is 398 Å². The van der Waals surface area contributed by atoms with E-state index in [1.807, 2.05) is 20.1 Å². The van der Waals surface area contributed by atoms with Gasteiger partial charge in [-0.2, -0.15) is 0 Å². The highest BCUT2D eigenvalue weighted by atomic mass is 33.5. The molecule has 2 fully saturated rings. The van der Waals surface area contributed by atoms with E-state index in [0.717, 1.165) is 18.9 Å². The number of hydrogen-bond donors (Lipinski definition) is 6. The van der Waals surface area contributed by atoms with Gasteiger partial charge in [0.1, 0.15) is 34.5 Å². The summed E-state index contributed by atoms with van der Waals surface area (Å²) in [6.45, 7) is 5.83. The molecule has 0 spiro atoms. The van der Waals surface area contributed by atoms with Crippen molar-refractivity contribution in [1.82, 2.24) is 20.6 Å². The molecule has 2 aliphatic heterocycles. The van der Waals surface area contributed by atoms with Crippen LogP contribution in [0.15, 0.2) is 65.5 Å². The summed E-state index contributed by atoms with van der Waals surface area (Å²) in [7, 11) is 7.24. The third kappa shape index (κ3) is 10.1. The molecule has 352 valence electrons. The first-order valence-corrected chi connectivity index (χ1v) is 26.3. The number of carbonyl (C=O) groups excluding carboxylic acids is 3. The van der Waals surface area contributed by atoms with Crippen LogP contribution in [-0.4, -0.2) is 148 Å². The molecule has 2 aromatic heterocycles. The number of pyridine rings is 1. The first-order valence-electron chi connectivity index (χ1n) is 21.0. The molecular weight excluding hydrogens is 929 g/mol. The van der Waals surface area contributed by atoms with Crippen molar-refractivity contribution in [3.05, 3.63) is 71.2 Å². The molecule has 6 N–H and O–H groups in total. The molecule has 2 saturated heterocycles. The van der Waals surface area contributed by atoms with Crippen LogP contribution >= 0.6 is 43.2 Å². The molecule has 2 bridgehead atoms. The van der Waals surface area contributed by atoms with Gasteiger partial charge >= 0.3 is 6.09 Å². The Bertz CT molecular complexity index is 2560. The van der Waals surface area contributed by atoms with Crippen LogP contribution < -0.4 is 10.6 Å². The van der Waals surface area contributed by atoms with Gasteiger partial charge in [0, 0.05) is 59.0 Å². The number of amides is 1. The summed E-state index contributed by atoms with van der Waals surface area (Å²) in [6.07, 6.45) is -0.292. The maximum absolute atomic E-state index is 15.3. The Kier molecular flexibility index (Phi) is 16.3. The summed E-state index contributed by atoms with van der Waals surface area (Å²) in [6, 6.07) is 6.49. The van der Waals surface area contributed by atoms with Crippen LogP contribution in [0.2, 0.25) is 0 Å². The molecule has 4 heterocycles. The number of phenols is 1. The van der Waals surface area contributed by atoms with Gasteiger partial charge in [-0.3, -0.25) is 19.9 Å². The van der Waals surface area contributed by atoms with Gasteiger partial charge in [-0.15, -0.1) is 11.8 Å². The molecule has 4 aliphatic rings. The van der Waals surface area contributed by atoms with Crippen LogP contribution in [0.3, 0.4) is 0 Å². The SMILES string of the molecule is COC(=O)NC1=C2/C(=C/CSSSC)[C@](O)(C#C/C=C\C#C[C@@H]2O[C@@H]2O[C@H](C)[C@@](SC)(C(=O)c3nccc4c3[nH]c3ccc(O)cc34)[C@H](O)[C@H]2O[C@H]2C[C@H](OC)[C@@H](NC(C)C)CO2)CC1=O. The predicted molar refractivity (Wildman–Crippen MR) is 257 cm³/mol. The zero-order valence-corrected chi connectivity index (χ0v) is 40.5. The van der Waals surface area contributed by atoms with Crippen LogP contribution in [-0.2, 0) is 33.2 Å². The molecule has 1 amide bonds. The number of thioether (sulfide) groups is 1. The normalized spacial score (nSPS) is 31.0. The Hall–Kier alpha value is -4.00. The largest absolute Gasteiger partial charge is 0.508 e. The zero-order chi connectivity index (χ0) is 47.3. The summed E-state index contributed by atoms with van der Waals surface area (Å²) in [4.78, 5) is 50.1. The second-order valence-corrected chi connectivity index (χ2v) is 21.5. The highest BCUT2D eigenvalue weighted by molar-refractivity contribution is 9.09. The van der Waals surface area contributed by atoms with E-state index in [1.165, 1.54) is 55.8 Å². The summed E-state index contributed by atoms with van der Waals surface area (Å²) in [5, 5.41) is 42.8. The maximum atomic E-state index is 15.3. The Morgan fingerprint density at radius 3 is 2.65 bits per heavy atom. The molecule has 7 rings (SSSR count). The van der Waals surface area contributed by atoms with Gasteiger partial charge in [-0.05, 0) is 65.7 Å². The van der Waals surface area contributed by atoms with E-state index in [9.17, 15) is 24.9 Å². The minimum atomic E-state index is -2.04. The van der Waals surface area contributed by atoms with E-state index in [4.69, 9.17) is 28.4 Å². The number of aromatic hydroxyl groups is 1. The number of methoxy groups -OCH3 is 2. The number of H-pyrrole nitrogens is 1. The predicted octanol–water partition coefficient (Wildman–Crippen LogP) is 5.19. The van der Waals surface area contributed by atoms with Gasteiger partial charge in [0.15, 0.2) is 24.0 Å². The number of fused-ring (bicyclic) bond motifs is 5. The number of ether oxygens (including phenoxy) is 6. The Morgan fingerprint density at radius 1 is 1.14 bits per heavy atom. The van der Waals surface area contributed by atoms with E-state index in [0.29, 0.717) is 27.6 Å². The fraction of sp³-hybridized carbons (Fsp3) is 0.478. The lowest BCUT2D eigenvalue weighted by molar-refractivity contribution is -0.323. The first kappa shape index (κ1) is 49.9. The number of phenolic OH excluding ortho intramolecular Hbond substituents is 1. The van der Waals surface area contributed by atoms with E-state index in [1.54, 1.807) is 44.6 Å². The third-order valence-electron chi connectivity index (χ3n) is 11.7. The molecule has 0 radical (unpaired) electrons. The van der Waals surface area contributed by atoms with Gasteiger partial charge in [-0.1, -0.05) is 65.2 Å². The van der Waals surface area contributed by atoms with Gasteiger partial charge in [0.2, 0.25) is 5.78 Å². The number of carbonyl (C=O) groups is 3. The number of Topliss-reactive ketones (excluding diaryl/α,β-unsaturated/α-hetero) is 2. The minimum Gasteiger partial charge on any atom is -0.508 e. The fourth-order valence-corrected chi connectivity index (χ4v) is 12.2.